The summed E-state index contributed by atoms with van der Waals surface area (Å²) in [5.41, 5.74) is 3.82. The topological polar surface area (TPSA) is 48.0 Å². The zero-order valence-corrected chi connectivity index (χ0v) is 16.6. The standard InChI is InChI=1S/C24H23NO4/c1-17-3-8-20(9-4-17)24(26)25(14-18-5-10-21(27-2)11-6-18)15-19-7-12-22-23(13-19)29-16-28-22/h3-13H,14-16H2,1-2H3. The lowest BCUT2D eigenvalue weighted by Crippen LogP contribution is -2.30. The van der Waals surface area contributed by atoms with Crippen molar-refractivity contribution in [1.82, 2.24) is 4.90 Å². The molecular formula is C24H23NO4. The highest BCUT2D eigenvalue weighted by atomic mass is 16.7. The molecule has 5 heteroatoms. The number of aryl methyl sites for hydroxylation is 1. The van der Waals surface area contributed by atoms with Gasteiger partial charge in [0.1, 0.15) is 5.75 Å². The number of carbonyl (C=O) groups excluding carboxylic acids is 1. The Morgan fingerprint density at radius 1 is 0.897 bits per heavy atom. The second-order valence-electron chi connectivity index (χ2n) is 7.06. The third-order valence-corrected chi connectivity index (χ3v) is 4.93. The summed E-state index contributed by atoms with van der Waals surface area (Å²) in [5, 5.41) is 0. The second-order valence-corrected chi connectivity index (χ2v) is 7.06. The van der Waals surface area contributed by atoms with E-state index in [0.29, 0.717) is 18.7 Å². The third kappa shape index (κ3) is 4.35. The zero-order valence-electron chi connectivity index (χ0n) is 16.6. The molecule has 0 radical (unpaired) electrons. The molecule has 1 amide bonds. The van der Waals surface area contributed by atoms with Crippen LogP contribution in [0.3, 0.4) is 0 Å². The van der Waals surface area contributed by atoms with Crippen molar-refractivity contribution < 1.29 is 19.0 Å². The molecule has 3 aromatic carbocycles. The van der Waals surface area contributed by atoms with Gasteiger partial charge in [-0.1, -0.05) is 35.9 Å². The average molecular weight is 389 g/mol. The van der Waals surface area contributed by atoms with Crippen molar-refractivity contribution >= 4 is 5.91 Å². The van der Waals surface area contributed by atoms with E-state index in [1.54, 1.807) is 7.11 Å². The van der Waals surface area contributed by atoms with Gasteiger partial charge < -0.3 is 19.1 Å². The van der Waals surface area contributed by atoms with E-state index in [4.69, 9.17) is 14.2 Å². The first-order valence-corrected chi connectivity index (χ1v) is 9.50. The van der Waals surface area contributed by atoms with Gasteiger partial charge in [0.15, 0.2) is 11.5 Å². The molecule has 0 saturated carbocycles. The van der Waals surface area contributed by atoms with Crippen LogP contribution in [0.5, 0.6) is 17.2 Å². The highest BCUT2D eigenvalue weighted by molar-refractivity contribution is 5.94. The fourth-order valence-corrected chi connectivity index (χ4v) is 3.29. The van der Waals surface area contributed by atoms with E-state index in [9.17, 15) is 4.79 Å². The zero-order chi connectivity index (χ0) is 20.2. The summed E-state index contributed by atoms with van der Waals surface area (Å²) >= 11 is 0. The molecule has 0 bridgehead atoms. The molecule has 0 aromatic heterocycles. The third-order valence-electron chi connectivity index (χ3n) is 4.93. The van der Waals surface area contributed by atoms with E-state index >= 15 is 0 Å². The van der Waals surface area contributed by atoms with Gasteiger partial charge in [0.25, 0.3) is 5.91 Å². The quantitative estimate of drug-likeness (QED) is 0.619. The lowest BCUT2D eigenvalue weighted by Gasteiger charge is -2.23. The first-order chi connectivity index (χ1) is 14.1. The minimum Gasteiger partial charge on any atom is -0.497 e. The molecule has 0 atom stereocenters. The summed E-state index contributed by atoms with van der Waals surface area (Å²) < 4.78 is 16.1. The molecule has 0 N–H and O–H groups in total. The number of benzene rings is 3. The molecule has 4 rings (SSSR count). The first kappa shape index (κ1) is 18.9. The molecular weight excluding hydrogens is 366 g/mol. The number of fused-ring (bicyclic) bond motifs is 1. The maximum Gasteiger partial charge on any atom is 0.254 e. The number of ether oxygens (including phenoxy) is 3. The van der Waals surface area contributed by atoms with Crippen LogP contribution in [0.15, 0.2) is 66.7 Å². The Balaban J connectivity index is 1.60. The van der Waals surface area contributed by atoms with Crippen molar-refractivity contribution in [3.8, 4) is 17.2 Å². The molecule has 3 aromatic rings. The molecule has 0 unspecified atom stereocenters. The number of nitrogens with zero attached hydrogens (tertiary/aromatic N) is 1. The van der Waals surface area contributed by atoms with Crippen molar-refractivity contribution in [1.29, 1.82) is 0 Å². The molecule has 1 aliphatic rings. The summed E-state index contributed by atoms with van der Waals surface area (Å²) in [7, 11) is 1.64. The Kier molecular flexibility index (Phi) is 5.38. The van der Waals surface area contributed by atoms with Crippen LogP contribution in [-0.4, -0.2) is 24.7 Å². The summed E-state index contributed by atoms with van der Waals surface area (Å²) in [6.45, 7) is 3.20. The fraction of sp³-hybridized carbons (Fsp3) is 0.208. The molecule has 29 heavy (non-hydrogen) atoms. The molecule has 0 spiro atoms. The van der Waals surface area contributed by atoms with E-state index in [2.05, 4.69) is 0 Å². The van der Waals surface area contributed by atoms with Gasteiger partial charge in [-0.3, -0.25) is 4.79 Å². The molecule has 5 nitrogen and oxygen atoms in total. The smallest absolute Gasteiger partial charge is 0.254 e. The van der Waals surface area contributed by atoms with E-state index in [-0.39, 0.29) is 12.7 Å². The molecule has 0 fully saturated rings. The Morgan fingerprint density at radius 3 is 2.28 bits per heavy atom. The van der Waals surface area contributed by atoms with Gasteiger partial charge in [-0.25, -0.2) is 0 Å². The highest BCUT2D eigenvalue weighted by Gasteiger charge is 2.19. The minimum atomic E-state index is -0.0153. The van der Waals surface area contributed by atoms with Crippen LogP contribution in [0.2, 0.25) is 0 Å². The van der Waals surface area contributed by atoms with Crippen LogP contribution in [0.4, 0.5) is 0 Å². The molecule has 1 aliphatic heterocycles. The number of methoxy groups -OCH3 is 1. The maximum atomic E-state index is 13.3. The summed E-state index contributed by atoms with van der Waals surface area (Å²) in [5.74, 6) is 2.23. The van der Waals surface area contributed by atoms with Gasteiger partial charge in [0.05, 0.1) is 7.11 Å². The lowest BCUT2D eigenvalue weighted by molar-refractivity contribution is 0.0730. The van der Waals surface area contributed by atoms with Gasteiger partial charge in [-0.2, -0.15) is 0 Å². The fourth-order valence-electron chi connectivity index (χ4n) is 3.29. The Labute approximate surface area is 170 Å². The van der Waals surface area contributed by atoms with Crippen molar-refractivity contribution in [2.45, 2.75) is 20.0 Å². The van der Waals surface area contributed by atoms with Gasteiger partial charge in [0, 0.05) is 18.7 Å². The van der Waals surface area contributed by atoms with Crippen LogP contribution in [0.1, 0.15) is 27.0 Å². The first-order valence-electron chi connectivity index (χ1n) is 9.50. The number of amides is 1. The van der Waals surface area contributed by atoms with E-state index in [1.165, 1.54) is 0 Å². The number of hydrogen-bond acceptors (Lipinski definition) is 4. The van der Waals surface area contributed by atoms with Crippen LogP contribution in [-0.2, 0) is 13.1 Å². The SMILES string of the molecule is COc1ccc(CN(Cc2ccc3c(c2)OCO3)C(=O)c2ccc(C)cc2)cc1. The molecule has 0 saturated heterocycles. The number of hydrogen-bond donors (Lipinski definition) is 0. The van der Waals surface area contributed by atoms with Gasteiger partial charge >= 0.3 is 0 Å². The molecule has 1 heterocycles. The van der Waals surface area contributed by atoms with Crippen LogP contribution in [0.25, 0.3) is 0 Å². The number of carbonyl (C=O) groups is 1. The lowest BCUT2D eigenvalue weighted by atomic mass is 10.1. The van der Waals surface area contributed by atoms with E-state index in [0.717, 1.165) is 33.9 Å². The molecule has 0 aliphatic carbocycles. The van der Waals surface area contributed by atoms with Crippen LogP contribution < -0.4 is 14.2 Å². The Hall–Kier alpha value is -3.47. The largest absolute Gasteiger partial charge is 0.497 e. The van der Waals surface area contributed by atoms with Crippen molar-refractivity contribution in [2.24, 2.45) is 0 Å². The summed E-state index contributed by atoms with van der Waals surface area (Å²) in [4.78, 5) is 15.1. The maximum absolute atomic E-state index is 13.3. The summed E-state index contributed by atoms with van der Waals surface area (Å²) in [6.07, 6.45) is 0. The predicted octanol–water partition coefficient (Wildman–Crippen LogP) is 4.57. The van der Waals surface area contributed by atoms with E-state index < -0.39 is 0 Å². The van der Waals surface area contributed by atoms with Crippen LogP contribution >= 0.6 is 0 Å². The van der Waals surface area contributed by atoms with Gasteiger partial charge in [0.2, 0.25) is 6.79 Å². The highest BCUT2D eigenvalue weighted by Crippen LogP contribution is 2.33. The Bertz CT molecular complexity index is 996. The van der Waals surface area contributed by atoms with E-state index in [1.807, 2.05) is 78.6 Å². The Morgan fingerprint density at radius 2 is 1.55 bits per heavy atom. The minimum absolute atomic E-state index is 0.0153. The van der Waals surface area contributed by atoms with Crippen molar-refractivity contribution in [2.75, 3.05) is 13.9 Å². The second kappa shape index (κ2) is 8.27. The predicted molar refractivity (Wildman–Crippen MR) is 110 cm³/mol. The molecule has 148 valence electrons. The average Bonchev–Trinajstić information content (AvgIpc) is 3.22. The number of rotatable bonds is 6. The summed E-state index contributed by atoms with van der Waals surface area (Å²) in [6, 6.07) is 21.2. The van der Waals surface area contributed by atoms with Crippen molar-refractivity contribution in [3.63, 3.8) is 0 Å². The normalized spacial score (nSPS) is 11.9. The monoisotopic (exact) mass is 389 g/mol. The van der Waals surface area contributed by atoms with Gasteiger partial charge in [-0.15, -0.1) is 0 Å². The van der Waals surface area contributed by atoms with Crippen molar-refractivity contribution in [3.05, 3.63) is 89.0 Å². The van der Waals surface area contributed by atoms with Crippen LogP contribution in [0, 0.1) is 6.92 Å². The van der Waals surface area contributed by atoms with Gasteiger partial charge in [-0.05, 0) is 54.4 Å².